The standard InChI is InChI=1S/C42H30FN3S/c1-42(2)37-19-10-9-18-35(37)36-21-20-30(26-38(36)42)33-23-32(24-34(25-33)47-43)29-16-11-17-31(22-29)41-45-39(27-12-5-3-6-13-27)44-40(46-41)28-14-7-4-8-15-28/h3-26H,1-2H3. The molecule has 6 aromatic carbocycles. The summed E-state index contributed by atoms with van der Waals surface area (Å²) in [5, 5.41) is 0. The Kier molecular flexibility index (Phi) is 7.27. The van der Waals surface area contributed by atoms with Gasteiger partial charge in [0.1, 0.15) is 0 Å². The lowest BCUT2D eigenvalue weighted by atomic mass is 9.81. The molecule has 7 aromatic rings. The Labute approximate surface area is 278 Å². The Hall–Kier alpha value is -5.39. The Morgan fingerprint density at radius 3 is 1.55 bits per heavy atom. The summed E-state index contributed by atoms with van der Waals surface area (Å²) in [5.41, 5.74) is 11.7. The summed E-state index contributed by atoms with van der Waals surface area (Å²) < 4.78 is 14.3. The lowest BCUT2D eigenvalue weighted by molar-refractivity contribution is 0.660. The molecule has 0 N–H and O–H groups in total. The molecule has 1 aliphatic rings. The summed E-state index contributed by atoms with van der Waals surface area (Å²) in [7, 11) is 0. The number of aromatic nitrogens is 3. The lowest BCUT2D eigenvalue weighted by Crippen LogP contribution is -2.14. The second kappa shape index (κ2) is 11.8. The quantitative estimate of drug-likeness (QED) is 0.184. The number of hydrogen-bond acceptors (Lipinski definition) is 4. The lowest BCUT2D eigenvalue weighted by Gasteiger charge is -2.22. The van der Waals surface area contributed by atoms with Crippen LogP contribution >= 0.6 is 12.1 Å². The van der Waals surface area contributed by atoms with Gasteiger partial charge in [0.2, 0.25) is 0 Å². The van der Waals surface area contributed by atoms with Gasteiger partial charge >= 0.3 is 0 Å². The van der Waals surface area contributed by atoms with E-state index in [9.17, 15) is 3.89 Å². The molecule has 8 rings (SSSR count). The van der Waals surface area contributed by atoms with Gasteiger partial charge in [-0.15, -0.1) is 0 Å². The molecule has 0 saturated heterocycles. The van der Waals surface area contributed by atoms with E-state index < -0.39 is 0 Å². The molecule has 0 saturated carbocycles. The van der Waals surface area contributed by atoms with Gasteiger partial charge in [-0.3, -0.25) is 0 Å². The average molecular weight is 628 g/mol. The molecule has 226 valence electrons. The van der Waals surface area contributed by atoms with Crippen LogP contribution in [-0.2, 0) is 5.41 Å². The fraction of sp³-hybridized carbons (Fsp3) is 0.0714. The zero-order valence-corrected chi connectivity index (χ0v) is 26.8. The molecule has 5 heteroatoms. The number of fused-ring (bicyclic) bond motifs is 3. The SMILES string of the molecule is CC1(C)c2ccccc2-c2ccc(-c3cc(SF)cc(-c4cccc(-c5nc(-c6ccccc6)nc(-c6ccccc6)n5)c4)c3)cc21. The Morgan fingerprint density at radius 1 is 0.426 bits per heavy atom. The fourth-order valence-electron chi connectivity index (χ4n) is 6.64. The van der Waals surface area contributed by atoms with Gasteiger partial charge in [-0.1, -0.05) is 129 Å². The van der Waals surface area contributed by atoms with Crippen LogP contribution in [0.15, 0.2) is 150 Å². The molecule has 1 aromatic heterocycles. The topological polar surface area (TPSA) is 38.7 Å². The Bertz CT molecular complexity index is 2210. The van der Waals surface area contributed by atoms with E-state index in [1.165, 1.54) is 22.3 Å². The highest BCUT2D eigenvalue weighted by atomic mass is 32.2. The first-order valence-electron chi connectivity index (χ1n) is 15.6. The van der Waals surface area contributed by atoms with E-state index >= 15 is 0 Å². The van der Waals surface area contributed by atoms with Crippen molar-refractivity contribution in [1.82, 2.24) is 15.0 Å². The van der Waals surface area contributed by atoms with Crippen LogP contribution in [-0.4, -0.2) is 15.0 Å². The normalized spacial score (nSPS) is 12.8. The predicted octanol–water partition coefficient (Wildman–Crippen LogP) is 11.5. The van der Waals surface area contributed by atoms with E-state index in [-0.39, 0.29) is 17.6 Å². The molecule has 0 unspecified atom stereocenters. The molecule has 47 heavy (non-hydrogen) atoms. The van der Waals surface area contributed by atoms with Gasteiger partial charge in [0.05, 0.1) is 12.1 Å². The van der Waals surface area contributed by atoms with E-state index in [0.717, 1.165) is 38.9 Å². The molecule has 0 spiro atoms. The van der Waals surface area contributed by atoms with Crippen LogP contribution in [0.2, 0.25) is 0 Å². The minimum Gasteiger partial charge on any atom is -0.208 e. The number of benzene rings is 6. The molecular formula is C42H30FN3S. The van der Waals surface area contributed by atoms with Gasteiger partial charge < -0.3 is 0 Å². The monoisotopic (exact) mass is 627 g/mol. The molecule has 0 atom stereocenters. The largest absolute Gasteiger partial charge is 0.208 e. The zero-order valence-electron chi connectivity index (χ0n) is 26.0. The first-order valence-corrected chi connectivity index (χ1v) is 16.4. The first-order chi connectivity index (χ1) is 23.0. The second-order valence-corrected chi connectivity index (χ2v) is 13.0. The summed E-state index contributed by atoms with van der Waals surface area (Å²) in [6.45, 7) is 4.56. The Morgan fingerprint density at radius 2 is 0.915 bits per heavy atom. The third-order valence-electron chi connectivity index (χ3n) is 9.07. The summed E-state index contributed by atoms with van der Waals surface area (Å²) in [6.07, 6.45) is 0. The van der Waals surface area contributed by atoms with Gasteiger partial charge in [-0.25, -0.2) is 15.0 Å². The average Bonchev–Trinajstić information content (AvgIpc) is 3.37. The van der Waals surface area contributed by atoms with Crippen molar-refractivity contribution in [2.24, 2.45) is 0 Å². The van der Waals surface area contributed by atoms with Gasteiger partial charge in [0.15, 0.2) is 17.5 Å². The predicted molar refractivity (Wildman–Crippen MR) is 192 cm³/mol. The maximum Gasteiger partial charge on any atom is 0.164 e. The Balaban J connectivity index is 1.22. The molecule has 0 fully saturated rings. The van der Waals surface area contributed by atoms with Crippen LogP contribution in [0, 0.1) is 0 Å². The zero-order chi connectivity index (χ0) is 32.0. The van der Waals surface area contributed by atoms with E-state index in [1.54, 1.807) is 0 Å². The van der Waals surface area contributed by atoms with Crippen LogP contribution in [0.3, 0.4) is 0 Å². The smallest absolute Gasteiger partial charge is 0.164 e. The van der Waals surface area contributed by atoms with Crippen molar-refractivity contribution in [1.29, 1.82) is 0 Å². The van der Waals surface area contributed by atoms with Crippen molar-refractivity contribution in [2.45, 2.75) is 24.2 Å². The summed E-state index contributed by atoms with van der Waals surface area (Å²) >= 11 is 0.268. The second-order valence-electron chi connectivity index (χ2n) is 12.4. The summed E-state index contributed by atoms with van der Waals surface area (Å²) in [6, 6.07) is 49.3. The number of halogens is 1. The first kappa shape index (κ1) is 29.0. The van der Waals surface area contributed by atoms with Crippen LogP contribution in [0.25, 0.3) is 67.5 Å². The van der Waals surface area contributed by atoms with Crippen LogP contribution in [0.4, 0.5) is 3.89 Å². The molecule has 3 nitrogen and oxygen atoms in total. The van der Waals surface area contributed by atoms with Crippen molar-refractivity contribution in [2.75, 3.05) is 0 Å². The van der Waals surface area contributed by atoms with Gasteiger partial charge in [-0.05, 0) is 74.8 Å². The third-order valence-corrected chi connectivity index (χ3v) is 9.48. The minimum absolute atomic E-state index is 0.118. The molecule has 1 aliphatic carbocycles. The van der Waals surface area contributed by atoms with Crippen molar-refractivity contribution in [3.63, 3.8) is 0 Å². The maximum absolute atomic E-state index is 14.3. The molecular weight excluding hydrogens is 598 g/mol. The van der Waals surface area contributed by atoms with Crippen molar-refractivity contribution < 1.29 is 3.89 Å². The number of rotatable bonds is 6. The molecule has 0 radical (unpaired) electrons. The molecule has 0 amide bonds. The summed E-state index contributed by atoms with van der Waals surface area (Å²) in [4.78, 5) is 15.2. The number of hydrogen-bond donors (Lipinski definition) is 0. The van der Waals surface area contributed by atoms with Gasteiger partial charge in [0, 0.05) is 27.0 Å². The fourth-order valence-corrected chi connectivity index (χ4v) is 6.98. The van der Waals surface area contributed by atoms with E-state index in [4.69, 9.17) is 15.0 Å². The van der Waals surface area contributed by atoms with Crippen molar-refractivity contribution in [3.05, 3.63) is 157 Å². The molecule has 1 heterocycles. The van der Waals surface area contributed by atoms with E-state index in [0.29, 0.717) is 22.4 Å². The van der Waals surface area contributed by atoms with Gasteiger partial charge in [-0.2, -0.15) is 3.89 Å². The van der Waals surface area contributed by atoms with E-state index in [2.05, 4.69) is 74.5 Å². The summed E-state index contributed by atoms with van der Waals surface area (Å²) in [5.74, 6) is 1.80. The third kappa shape index (κ3) is 5.33. The van der Waals surface area contributed by atoms with Crippen molar-refractivity contribution >= 4 is 12.1 Å². The highest BCUT2D eigenvalue weighted by Crippen LogP contribution is 2.49. The van der Waals surface area contributed by atoms with Crippen LogP contribution in [0.1, 0.15) is 25.0 Å². The highest BCUT2D eigenvalue weighted by molar-refractivity contribution is 7.94. The highest BCUT2D eigenvalue weighted by Gasteiger charge is 2.35. The minimum atomic E-state index is -0.118. The molecule has 0 aliphatic heterocycles. The maximum atomic E-state index is 14.3. The van der Waals surface area contributed by atoms with E-state index in [1.807, 2.05) is 84.9 Å². The van der Waals surface area contributed by atoms with Crippen LogP contribution in [0.5, 0.6) is 0 Å². The molecule has 0 bridgehead atoms. The van der Waals surface area contributed by atoms with Gasteiger partial charge in [0.25, 0.3) is 0 Å². The van der Waals surface area contributed by atoms with Crippen molar-refractivity contribution in [3.8, 4) is 67.5 Å². The number of nitrogens with zero attached hydrogens (tertiary/aromatic N) is 3. The van der Waals surface area contributed by atoms with Crippen LogP contribution < -0.4 is 0 Å².